The van der Waals surface area contributed by atoms with Gasteiger partial charge in [-0.2, -0.15) is 19.1 Å². The van der Waals surface area contributed by atoms with Crippen LogP contribution >= 0.6 is 0 Å². The number of nitrogens with one attached hydrogen (secondary N) is 1. The molecule has 1 aliphatic carbocycles. The molecule has 2 aromatic rings. The number of primary amides is 1. The van der Waals surface area contributed by atoms with Gasteiger partial charge in [-0.25, -0.2) is 8.42 Å². The Bertz CT molecular complexity index is 1210. The van der Waals surface area contributed by atoms with Gasteiger partial charge < -0.3 is 11.1 Å². The molecule has 1 fully saturated rings. The van der Waals surface area contributed by atoms with E-state index >= 15 is 0 Å². The second kappa shape index (κ2) is 9.89. The fourth-order valence-electron chi connectivity index (χ4n) is 4.30. The lowest BCUT2D eigenvalue weighted by atomic mass is 9.73. The highest BCUT2D eigenvalue weighted by Crippen LogP contribution is 2.41. The minimum Gasteiger partial charge on any atom is -0.365 e. The number of anilines is 2. The molecule has 0 unspecified atom stereocenters. The van der Waals surface area contributed by atoms with Crippen molar-refractivity contribution in [3.05, 3.63) is 36.0 Å². The van der Waals surface area contributed by atoms with Gasteiger partial charge in [-0.05, 0) is 56.4 Å². The zero-order chi connectivity index (χ0) is 25.1. The molecule has 34 heavy (non-hydrogen) atoms. The Balaban J connectivity index is 1.85. The quantitative estimate of drug-likeness (QED) is 0.543. The largest absolute Gasteiger partial charge is 0.365 e. The number of alkyl halides is 2. The van der Waals surface area contributed by atoms with Crippen LogP contribution in [0.2, 0.25) is 0 Å². The average Bonchev–Trinajstić information content (AvgIpc) is 3.24. The Morgan fingerprint density at radius 1 is 1.29 bits per heavy atom. The van der Waals surface area contributed by atoms with Gasteiger partial charge in [0.15, 0.2) is 5.82 Å². The zero-order valence-corrected chi connectivity index (χ0v) is 19.3. The third-order valence-corrected chi connectivity index (χ3v) is 7.83. The summed E-state index contributed by atoms with van der Waals surface area (Å²) in [5, 5.41) is 16.2. The number of nitriles is 1. The molecule has 9 nitrogen and oxygen atoms in total. The van der Waals surface area contributed by atoms with Gasteiger partial charge in [-0.3, -0.25) is 14.3 Å². The van der Waals surface area contributed by atoms with E-state index in [0.29, 0.717) is 37.8 Å². The summed E-state index contributed by atoms with van der Waals surface area (Å²) in [5.41, 5.74) is 5.54. The number of amides is 1. The third kappa shape index (κ3) is 4.94. The molecule has 0 saturated heterocycles. The monoisotopic (exact) mass is 493 g/mol. The number of hydrogen-bond donors (Lipinski definition) is 2. The van der Waals surface area contributed by atoms with E-state index in [4.69, 9.17) is 11.0 Å². The molecular formula is C22H25F2N5O4S. The molecule has 182 valence electrons. The van der Waals surface area contributed by atoms with Crippen molar-refractivity contribution in [2.45, 2.75) is 61.6 Å². The van der Waals surface area contributed by atoms with E-state index in [1.165, 1.54) is 12.1 Å². The van der Waals surface area contributed by atoms with Crippen LogP contribution in [0.1, 0.15) is 55.8 Å². The summed E-state index contributed by atoms with van der Waals surface area (Å²) in [6.45, 7) is 1.98. The van der Waals surface area contributed by atoms with E-state index in [-0.39, 0.29) is 29.5 Å². The third-order valence-electron chi connectivity index (χ3n) is 6.43. The highest BCUT2D eigenvalue weighted by atomic mass is 32.2. The van der Waals surface area contributed by atoms with E-state index in [0.717, 1.165) is 12.1 Å². The summed E-state index contributed by atoms with van der Waals surface area (Å²) in [6, 6.07) is 6.56. The number of nitrogens with two attached hydrogens (primary N) is 1. The van der Waals surface area contributed by atoms with Gasteiger partial charge in [0.25, 0.3) is 5.91 Å². The van der Waals surface area contributed by atoms with Gasteiger partial charge in [-0.1, -0.05) is 6.92 Å². The van der Waals surface area contributed by atoms with Crippen molar-refractivity contribution in [1.82, 2.24) is 9.78 Å². The standard InChI is InChI=1S/C22H25F2N5O4S/c1-2-22(10-7-14(8-11-22)18(30)9-12-25)29-13-17(19(26)31)20(28-29)27-15-3-5-16(6-4-15)34(32,33)21(23)24/h3-6,13-14,21H,2,7-11H2,1H3,(H2,26,31)(H,27,28). The molecule has 1 heterocycles. The molecule has 0 radical (unpaired) electrons. The first kappa shape index (κ1) is 25.3. The first-order valence-corrected chi connectivity index (χ1v) is 12.3. The van der Waals surface area contributed by atoms with Crippen LogP contribution in [0.3, 0.4) is 0 Å². The van der Waals surface area contributed by atoms with E-state index in [1.807, 2.05) is 13.0 Å². The Kier molecular flexibility index (Phi) is 7.35. The van der Waals surface area contributed by atoms with Crippen LogP contribution in [0.15, 0.2) is 35.4 Å². The first-order valence-electron chi connectivity index (χ1n) is 10.7. The smallest absolute Gasteiger partial charge is 0.341 e. The van der Waals surface area contributed by atoms with Crippen molar-refractivity contribution in [3.8, 4) is 6.07 Å². The number of halogens is 2. The number of benzene rings is 1. The molecule has 1 aliphatic rings. The molecule has 12 heteroatoms. The molecule has 1 amide bonds. The first-order chi connectivity index (χ1) is 16.0. The SMILES string of the molecule is CCC1(n2cc(C(N)=O)c(Nc3ccc(S(=O)(=O)C(F)F)cc3)n2)CCC(C(=O)CC#N)CC1. The topological polar surface area (TPSA) is 148 Å². The molecule has 3 N–H and O–H groups in total. The maximum atomic E-state index is 12.7. The van der Waals surface area contributed by atoms with Crippen LogP contribution in [-0.4, -0.2) is 35.6 Å². The predicted molar refractivity (Wildman–Crippen MR) is 119 cm³/mol. The molecule has 0 spiro atoms. The van der Waals surface area contributed by atoms with Crippen molar-refractivity contribution < 1.29 is 26.8 Å². The van der Waals surface area contributed by atoms with Gasteiger partial charge >= 0.3 is 5.76 Å². The number of carbonyl (C=O) groups excluding carboxylic acids is 2. The van der Waals surface area contributed by atoms with E-state index in [2.05, 4.69) is 10.4 Å². The van der Waals surface area contributed by atoms with Gasteiger partial charge in [0, 0.05) is 17.8 Å². The van der Waals surface area contributed by atoms with Crippen LogP contribution < -0.4 is 11.1 Å². The van der Waals surface area contributed by atoms with Crippen molar-refractivity contribution in [2.24, 2.45) is 11.7 Å². The predicted octanol–water partition coefficient (Wildman–Crippen LogP) is 3.50. The van der Waals surface area contributed by atoms with Crippen LogP contribution in [0.5, 0.6) is 0 Å². The second-order valence-electron chi connectivity index (χ2n) is 8.31. The fourth-order valence-corrected chi connectivity index (χ4v) is 5.02. The summed E-state index contributed by atoms with van der Waals surface area (Å²) in [4.78, 5) is 23.7. The van der Waals surface area contributed by atoms with Crippen molar-refractivity contribution >= 4 is 33.0 Å². The molecule has 1 aromatic heterocycles. The Morgan fingerprint density at radius 2 is 1.91 bits per heavy atom. The maximum Gasteiger partial charge on any atom is 0.341 e. The molecule has 3 rings (SSSR count). The summed E-state index contributed by atoms with van der Waals surface area (Å²) >= 11 is 0. The van der Waals surface area contributed by atoms with Crippen molar-refractivity contribution in [3.63, 3.8) is 0 Å². The van der Waals surface area contributed by atoms with Crippen molar-refractivity contribution in [2.75, 3.05) is 5.32 Å². The number of aromatic nitrogens is 2. The zero-order valence-electron chi connectivity index (χ0n) is 18.5. The summed E-state index contributed by atoms with van der Waals surface area (Å²) < 4.78 is 50.4. The molecular weight excluding hydrogens is 468 g/mol. The number of rotatable bonds is 9. The lowest BCUT2D eigenvalue weighted by molar-refractivity contribution is -0.123. The van der Waals surface area contributed by atoms with Gasteiger partial charge in [0.1, 0.15) is 11.3 Å². The van der Waals surface area contributed by atoms with Gasteiger partial charge in [0.05, 0.1) is 22.9 Å². The molecule has 0 aliphatic heterocycles. The second-order valence-corrected chi connectivity index (χ2v) is 10.2. The van der Waals surface area contributed by atoms with Crippen LogP contribution in [0.4, 0.5) is 20.3 Å². The maximum absolute atomic E-state index is 12.7. The minimum absolute atomic E-state index is 0.0647. The molecule has 1 saturated carbocycles. The van der Waals surface area contributed by atoms with Crippen LogP contribution in [0, 0.1) is 17.2 Å². The number of hydrogen-bond acceptors (Lipinski definition) is 7. The van der Waals surface area contributed by atoms with Crippen molar-refractivity contribution in [1.29, 1.82) is 5.26 Å². The fraction of sp³-hybridized carbons (Fsp3) is 0.455. The number of carbonyl (C=O) groups is 2. The minimum atomic E-state index is -4.72. The summed E-state index contributed by atoms with van der Waals surface area (Å²) in [7, 11) is -4.72. The number of Topliss-reactive ketones (excluding diaryl/α,β-unsaturated/α-hetero) is 1. The lowest BCUT2D eigenvalue weighted by Gasteiger charge is -2.39. The van der Waals surface area contributed by atoms with Crippen LogP contribution in [-0.2, 0) is 20.2 Å². The highest BCUT2D eigenvalue weighted by molar-refractivity contribution is 7.91. The highest BCUT2D eigenvalue weighted by Gasteiger charge is 2.39. The number of ketones is 1. The normalized spacial score (nSPS) is 20.6. The molecule has 0 atom stereocenters. The number of nitrogens with zero attached hydrogens (tertiary/aromatic N) is 3. The molecule has 1 aromatic carbocycles. The Morgan fingerprint density at radius 3 is 2.41 bits per heavy atom. The number of sulfone groups is 1. The van der Waals surface area contributed by atoms with Crippen LogP contribution in [0.25, 0.3) is 0 Å². The van der Waals surface area contributed by atoms with E-state index < -0.39 is 31.9 Å². The molecule has 0 bridgehead atoms. The Hall–Kier alpha value is -3.33. The Labute approximate surface area is 195 Å². The lowest BCUT2D eigenvalue weighted by Crippen LogP contribution is -2.39. The van der Waals surface area contributed by atoms with Gasteiger partial charge in [-0.15, -0.1) is 0 Å². The van der Waals surface area contributed by atoms with E-state index in [1.54, 1.807) is 10.9 Å². The summed E-state index contributed by atoms with van der Waals surface area (Å²) in [5.74, 6) is -4.35. The van der Waals surface area contributed by atoms with Gasteiger partial charge in [0.2, 0.25) is 9.84 Å². The van der Waals surface area contributed by atoms with E-state index in [9.17, 15) is 26.8 Å². The average molecular weight is 494 g/mol. The summed E-state index contributed by atoms with van der Waals surface area (Å²) in [6.07, 6.45) is 4.58.